The van der Waals surface area contributed by atoms with Gasteiger partial charge in [0.15, 0.2) is 0 Å². The smallest absolute Gasteiger partial charge is 0.248 e. The van der Waals surface area contributed by atoms with Crippen molar-refractivity contribution >= 4 is 16.7 Å². The van der Waals surface area contributed by atoms with Gasteiger partial charge in [0.2, 0.25) is 5.91 Å². The van der Waals surface area contributed by atoms with E-state index in [1.54, 1.807) is 12.1 Å². The highest BCUT2D eigenvalue weighted by Gasteiger charge is 2.34. The second-order valence-corrected chi connectivity index (χ2v) is 8.75. The summed E-state index contributed by atoms with van der Waals surface area (Å²) in [6.45, 7) is 2.49. The topological polar surface area (TPSA) is 85.0 Å². The van der Waals surface area contributed by atoms with Gasteiger partial charge in [-0.3, -0.25) is 9.69 Å². The highest BCUT2D eigenvalue weighted by atomic mass is 16.5. The predicted octanol–water partition coefficient (Wildman–Crippen LogP) is 3.21. The van der Waals surface area contributed by atoms with E-state index in [9.17, 15) is 9.90 Å². The molecule has 0 aliphatic carbocycles. The third-order valence-corrected chi connectivity index (χ3v) is 6.35. The first kappa shape index (κ1) is 20.9. The van der Waals surface area contributed by atoms with E-state index >= 15 is 0 Å². The van der Waals surface area contributed by atoms with Crippen LogP contribution in [0.1, 0.15) is 23.2 Å². The number of carbonyl (C=O) groups is 1. The lowest BCUT2D eigenvalue weighted by molar-refractivity contribution is -0.0528. The van der Waals surface area contributed by atoms with Crippen molar-refractivity contribution in [1.82, 2.24) is 4.90 Å². The first-order valence-electron chi connectivity index (χ1n) is 11.2. The molecule has 0 aromatic heterocycles. The molecule has 2 aliphatic heterocycles. The number of β-amino-alcohol motifs (C(OH)–C–C–N with tert-alkyl or cyclic N) is 1. The second kappa shape index (κ2) is 8.90. The van der Waals surface area contributed by atoms with Crippen LogP contribution in [0.3, 0.4) is 0 Å². The van der Waals surface area contributed by atoms with Crippen LogP contribution in [0.2, 0.25) is 0 Å². The molecule has 1 unspecified atom stereocenters. The van der Waals surface area contributed by atoms with E-state index in [-0.39, 0.29) is 6.61 Å². The number of fused-ring (bicyclic) bond motifs is 3. The summed E-state index contributed by atoms with van der Waals surface area (Å²) in [6.07, 6.45) is 2.21. The van der Waals surface area contributed by atoms with Gasteiger partial charge in [-0.2, -0.15) is 0 Å². The molecule has 0 saturated carbocycles. The van der Waals surface area contributed by atoms with Crippen LogP contribution in [0.5, 0.6) is 5.75 Å². The van der Waals surface area contributed by atoms with E-state index in [2.05, 4.69) is 4.90 Å². The van der Waals surface area contributed by atoms with Crippen molar-refractivity contribution in [2.45, 2.75) is 31.2 Å². The Hall–Kier alpha value is -2.93. The molecule has 2 aliphatic rings. The molecule has 6 nitrogen and oxygen atoms in total. The lowest BCUT2D eigenvalue weighted by Crippen LogP contribution is -2.46. The first-order valence-corrected chi connectivity index (χ1v) is 11.2. The van der Waals surface area contributed by atoms with E-state index in [4.69, 9.17) is 15.2 Å². The van der Waals surface area contributed by atoms with Crippen LogP contribution in [-0.4, -0.2) is 60.5 Å². The fourth-order valence-corrected chi connectivity index (χ4v) is 4.88. The third kappa shape index (κ3) is 4.35. The minimum Gasteiger partial charge on any atom is -0.490 e. The van der Waals surface area contributed by atoms with Gasteiger partial charge in [0.1, 0.15) is 18.5 Å². The SMILES string of the molecule is NC(=O)c1cccc(-c2c(OCC(O)CN3C[C@H]4CC[C@@H](C3)O4)ccc3ccccc23)c1. The number of aliphatic hydroxyl groups excluding tert-OH is 1. The van der Waals surface area contributed by atoms with Crippen LogP contribution >= 0.6 is 0 Å². The van der Waals surface area contributed by atoms with E-state index in [1.165, 1.54) is 0 Å². The number of ether oxygens (including phenoxy) is 2. The van der Waals surface area contributed by atoms with Gasteiger partial charge in [-0.1, -0.05) is 42.5 Å². The average molecular weight is 433 g/mol. The molecule has 2 fully saturated rings. The molecule has 0 spiro atoms. The molecule has 3 aromatic carbocycles. The molecular formula is C26H28N2O4. The Kier molecular flexibility index (Phi) is 5.83. The molecule has 3 aromatic rings. The summed E-state index contributed by atoms with van der Waals surface area (Å²) in [5, 5.41) is 12.8. The van der Waals surface area contributed by atoms with Crippen molar-refractivity contribution in [3.05, 3.63) is 66.2 Å². The molecule has 1 amide bonds. The molecule has 0 radical (unpaired) electrons. The van der Waals surface area contributed by atoms with Gasteiger partial charge >= 0.3 is 0 Å². The highest BCUT2D eigenvalue weighted by Crippen LogP contribution is 2.37. The van der Waals surface area contributed by atoms with E-state index in [1.807, 2.05) is 48.5 Å². The third-order valence-electron chi connectivity index (χ3n) is 6.35. The van der Waals surface area contributed by atoms with Crippen molar-refractivity contribution < 1.29 is 19.4 Å². The van der Waals surface area contributed by atoms with Gasteiger partial charge in [-0.25, -0.2) is 0 Å². The molecule has 32 heavy (non-hydrogen) atoms. The number of benzene rings is 3. The summed E-state index contributed by atoms with van der Waals surface area (Å²) in [4.78, 5) is 14.0. The number of morpholine rings is 1. The Balaban J connectivity index is 1.38. The Bertz CT molecular complexity index is 1120. The second-order valence-electron chi connectivity index (χ2n) is 8.75. The minimum atomic E-state index is -0.608. The van der Waals surface area contributed by atoms with Crippen molar-refractivity contribution in [2.75, 3.05) is 26.2 Å². The number of aliphatic hydroxyl groups is 1. The molecule has 3 N–H and O–H groups in total. The summed E-state index contributed by atoms with van der Waals surface area (Å²) in [5.41, 5.74) is 7.70. The van der Waals surface area contributed by atoms with Gasteiger partial charge in [0, 0.05) is 30.8 Å². The van der Waals surface area contributed by atoms with E-state index in [0.717, 1.165) is 47.8 Å². The van der Waals surface area contributed by atoms with Gasteiger partial charge in [0.25, 0.3) is 0 Å². The lowest BCUT2D eigenvalue weighted by atomic mass is 9.96. The standard InChI is InChI=1S/C26H28N2O4/c27-26(30)19-6-3-5-18(12-19)25-23-7-2-1-4-17(23)8-11-24(25)31-16-20(29)13-28-14-21-9-10-22(15-28)32-21/h1-8,11-12,20-22,29H,9-10,13-16H2,(H2,27,30)/t20?,21-,22+. The monoisotopic (exact) mass is 432 g/mol. The van der Waals surface area contributed by atoms with Crippen LogP contribution in [0.4, 0.5) is 0 Å². The quantitative estimate of drug-likeness (QED) is 0.599. The number of likely N-dealkylation sites (tertiary alicyclic amines) is 1. The van der Waals surface area contributed by atoms with Crippen LogP contribution in [0, 0.1) is 0 Å². The largest absolute Gasteiger partial charge is 0.490 e. The van der Waals surface area contributed by atoms with Gasteiger partial charge < -0.3 is 20.3 Å². The number of hydrogen-bond acceptors (Lipinski definition) is 5. The fraction of sp³-hybridized carbons (Fsp3) is 0.346. The number of primary amides is 1. The molecule has 3 atom stereocenters. The Morgan fingerprint density at radius 2 is 1.88 bits per heavy atom. The molecule has 166 valence electrons. The van der Waals surface area contributed by atoms with Crippen molar-refractivity contribution in [1.29, 1.82) is 0 Å². The molecular weight excluding hydrogens is 404 g/mol. The number of hydrogen-bond donors (Lipinski definition) is 2. The number of carbonyl (C=O) groups excluding carboxylic acids is 1. The van der Waals surface area contributed by atoms with E-state index < -0.39 is 12.0 Å². The highest BCUT2D eigenvalue weighted by molar-refractivity contribution is 6.01. The molecule has 2 bridgehead atoms. The number of amides is 1. The van der Waals surface area contributed by atoms with Crippen LogP contribution in [0.25, 0.3) is 21.9 Å². The maximum absolute atomic E-state index is 11.7. The van der Waals surface area contributed by atoms with Crippen molar-refractivity contribution in [3.63, 3.8) is 0 Å². The van der Waals surface area contributed by atoms with Crippen LogP contribution in [-0.2, 0) is 4.74 Å². The summed E-state index contributed by atoms with van der Waals surface area (Å²) in [7, 11) is 0. The molecule has 2 heterocycles. The summed E-state index contributed by atoms with van der Waals surface area (Å²) in [6, 6.07) is 19.3. The Morgan fingerprint density at radius 1 is 1.09 bits per heavy atom. The van der Waals surface area contributed by atoms with Crippen LogP contribution < -0.4 is 10.5 Å². The molecule has 5 rings (SSSR count). The van der Waals surface area contributed by atoms with Gasteiger partial charge in [-0.15, -0.1) is 0 Å². The zero-order valence-electron chi connectivity index (χ0n) is 17.9. The first-order chi connectivity index (χ1) is 15.6. The van der Waals surface area contributed by atoms with Crippen molar-refractivity contribution in [3.8, 4) is 16.9 Å². The van der Waals surface area contributed by atoms with Crippen molar-refractivity contribution in [2.24, 2.45) is 5.73 Å². The minimum absolute atomic E-state index is 0.188. The van der Waals surface area contributed by atoms with E-state index in [0.29, 0.717) is 30.1 Å². The maximum Gasteiger partial charge on any atom is 0.248 e. The summed E-state index contributed by atoms with van der Waals surface area (Å²) in [5.74, 6) is 0.205. The summed E-state index contributed by atoms with van der Waals surface area (Å²) >= 11 is 0. The Labute approximate surface area is 187 Å². The number of nitrogens with zero attached hydrogens (tertiary/aromatic N) is 1. The maximum atomic E-state index is 11.7. The lowest BCUT2D eigenvalue weighted by Gasteiger charge is -2.33. The molecule has 2 saturated heterocycles. The zero-order valence-corrected chi connectivity index (χ0v) is 17.9. The molecule has 6 heteroatoms. The Morgan fingerprint density at radius 3 is 2.66 bits per heavy atom. The number of nitrogens with two attached hydrogens (primary N) is 1. The normalized spacial score (nSPS) is 21.5. The van der Waals surface area contributed by atoms with Gasteiger partial charge in [0.05, 0.1) is 12.2 Å². The summed E-state index contributed by atoms with van der Waals surface area (Å²) < 4.78 is 12.0. The predicted molar refractivity (Wildman–Crippen MR) is 124 cm³/mol. The average Bonchev–Trinajstić information content (AvgIpc) is 3.15. The van der Waals surface area contributed by atoms with Gasteiger partial charge in [-0.05, 0) is 47.4 Å². The fourth-order valence-electron chi connectivity index (χ4n) is 4.88. The zero-order chi connectivity index (χ0) is 22.1. The number of rotatable bonds is 7. The van der Waals surface area contributed by atoms with Crippen LogP contribution in [0.15, 0.2) is 60.7 Å².